The fraction of sp³-hybridized carbons (Fsp3) is 0.300. The maximum atomic E-state index is 13.9. The Kier molecular flexibility index (Phi) is 9.07. The molecule has 1 spiro atoms. The van der Waals surface area contributed by atoms with Gasteiger partial charge in [0.25, 0.3) is 5.91 Å². The molecule has 0 saturated carbocycles. The van der Waals surface area contributed by atoms with Crippen LogP contribution in [-0.4, -0.2) is 73.3 Å². The summed E-state index contributed by atoms with van der Waals surface area (Å²) < 4.78 is 15.6. The van der Waals surface area contributed by atoms with Crippen LogP contribution in [0.2, 0.25) is 5.02 Å². The van der Waals surface area contributed by atoms with E-state index in [-0.39, 0.29) is 43.5 Å². The number of ether oxygens (including phenoxy) is 3. The molecule has 1 fully saturated rings. The molecule has 224 valence electrons. The van der Waals surface area contributed by atoms with Gasteiger partial charge in [0.15, 0.2) is 5.60 Å². The van der Waals surface area contributed by atoms with E-state index in [4.69, 9.17) is 25.8 Å². The molecule has 3 N–H and O–H groups in total. The first-order chi connectivity index (χ1) is 20.8. The molecule has 12 nitrogen and oxygen atoms in total. The Hall–Kier alpha value is -4.68. The van der Waals surface area contributed by atoms with Crippen molar-refractivity contribution in [3.05, 3.63) is 88.6 Å². The van der Waals surface area contributed by atoms with E-state index in [2.05, 4.69) is 20.9 Å². The number of amides is 4. The second-order valence-corrected chi connectivity index (χ2v) is 10.5. The van der Waals surface area contributed by atoms with E-state index < -0.39 is 29.7 Å². The zero-order valence-electron chi connectivity index (χ0n) is 23.3. The van der Waals surface area contributed by atoms with Crippen molar-refractivity contribution in [2.75, 3.05) is 44.0 Å². The molecule has 43 heavy (non-hydrogen) atoms. The average Bonchev–Trinajstić information content (AvgIpc) is 3.42. The van der Waals surface area contributed by atoms with Crippen molar-refractivity contribution in [1.29, 1.82) is 0 Å². The molecule has 5 rings (SSSR count). The molecule has 2 aromatic carbocycles. The second-order valence-electron chi connectivity index (χ2n) is 10.1. The number of carbonyl (C=O) groups is 4. The number of carbonyl (C=O) groups excluding carboxylic acids is 4. The number of pyridine rings is 1. The molecule has 1 saturated heterocycles. The monoisotopic (exact) mass is 607 g/mol. The van der Waals surface area contributed by atoms with E-state index >= 15 is 0 Å². The highest BCUT2D eigenvalue weighted by Crippen LogP contribution is 2.43. The van der Waals surface area contributed by atoms with Gasteiger partial charge in [-0.05, 0) is 35.9 Å². The molecule has 0 bridgehead atoms. The van der Waals surface area contributed by atoms with Crippen LogP contribution in [0.3, 0.4) is 0 Å². The quantitative estimate of drug-likeness (QED) is 0.310. The van der Waals surface area contributed by atoms with Crippen LogP contribution in [0, 0.1) is 0 Å². The molecule has 1 unspecified atom stereocenters. The summed E-state index contributed by atoms with van der Waals surface area (Å²) in [4.78, 5) is 57.2. The maximum Gasteiger partial charge on any atom is 0.412 e. The molecule has 0 aliphatic carbocycles. The molecule has 2 aliphatic heterocycles. The molecule has 1 aromatic heterocycles. The number of rotatable bonds is 9. The predicted octanol–water partition coefficient (Wildman–Crippen LogP) is 3.96. The Labute approximate surface area is 252 Å². The summed E-state index contributed by atoms with van der Waals surface area (Å²) in [5, 5.41) is 8.48. The highest BCUT2D eigenvalue weighted by Gasteiger charge is 2.49. The molecular formula is C30H30ClN5O7. The minimum Gasteiger partial charge on any atom is -0.447 e. The van der Waals surface area contributed by atoms with Crippen molar-refractivity contribution in [1.82, 2.24) is 15.2 Å². The van der Waals surface area contributed by atoms with E-state index in [1.807, 2.05) is 30.3 Å². The zero-order chi connectivity index (χ0) is 30.4. The van der Waals surface area contributed by atoms with Gasteiger partial charge in [0.2, 0.25) is 5.91 Å². The largest absolute Gasteiger partial charge is 0.447 e. The molecule has 13 heteroatoms. The van der Waals surface area contributed by atoms with Gasteiger partial charge in [0.1, 0.15) is 18.5 Å². The van der Waals surface area contributed by atoms with Crippen LogP contribution in [0.4, 0.5) is 21.1 Å². The minimum atomic E-state index is -1.06. The third-order valence-corrected chi connectivity index (χ3v) is 7.44. The van der Waals surface area contributed by atoms with Crippen LogP contribution in [0.5, 0.6) is 0 Å². The SMILES string of the molecule is COCCOC(=O)Nc1ccc(C(=O)N[C@@H](Cc2ccccc2)C(=O)N2CCC3(C2)OC(=O)Nc2ccc(Cl)cc23)cn1. The third-order valence-electron chi connectivity index (χ3n) is 7.20. The molecule has 2 aliphatic rings. The van der Waals surface area contributed by atoms with Gasteiger partial charge in [0, 0.05) is 43.3 Å². The summed E-state index contributed by atoms with van der Waals surface area (Å²) in [6.45, 7) is 0.750. The number of likely N-dealkylation sites (tertiary alicyclic amines) is 1. The van der Waals surface area contributed by atoms with E-state index in [1.165, 1.54) is 25.4 Å². The van der Waals surface area contributed by atoms with Crippen LogP contribution in [0.25, 0.3) is 0 Å². The number of fused-ring (bicyclic) bond motifs is 2. The molecule has 0 radical (unpaired) electrons. The van der Waals surface area contributed by atoms with Crippen molar-refractivity contribution >= 4 is 47.1 Å². The first kappa shape index (κ1) is 29.8. The second kappa shape index (κ2) is 13.1. The summed E-state index contributed by atoms with van der Waals surface area (Å²) in [5.41, 5.74) is 1.26. The Balaban J connectivity index is 1.31. The lowest BCUT2D eigenvalue weighted by Gasteiger charge is -2.35. The van der Waals surface area contributed by atoms with Gasteiger partial charge in [-0.1, -0.05) is 41.9 Å². The van der Waals surface area contributed by atoms with E-state index in [1.54, 1.807) is 23.1 Å². The maximum absolute atomic E-state index is 13.9. The Bertz CT molecular complexity index is 1500. The molecule has 2 atom stereocenters. The van der Waals surface area contributed by atoms with Gasteiger partial charge in [-0.3, -0.25) is 20.2 Å². The normalized spacial score (nSPS) is 17.8. The number of anilines is 2. The number of halogens is 1. The number of nitrogens with zero attached hydrogens (tertiary/aromatic N) is 2. The lowest BCUT2D eigenvalue weighted by Crippen LogP contribution is -2.50. The standard InChI is InChI=1S/C30H30ClN5O7/c1-41-13-14-42-28(39)35-25-10-7-20(17-32-25)26(37)33-24(15-19-5-3-2-4-6-19)27(38)36-12-11-30(18-36)22-16-21(31)8-9-23(22)34-29(40)43-30/h2-10,16-17,24H,11-15,18H2,1H3,(H,33,37)(H,34,40)(H,32,35,39)/t24-,30?/m0/s1. The number of hydrogen-bond acceptors (Lipinski definition) is 8. The van der Waals surface area contributed by atoms with Crippen molar-refractivity contribution in [3.63, 3.8) is 0 Å². The van der Waals surface area contributed by atoms with Gasteiger partial charge in [-0.2, -0.15) is 0 Å². The van der Waals surface area contributed by atoms with Crippen molar-refractivity contribution in [3.8, 4) is 0 Å². The number of methoxy groups -OCH3 is 1. The number of benzene rings is 2. The van der Waals surface area contributed by atoms with Crippen molar-refractivity contribution in [2.24, 2.45) is 0 Å². The Morgan fingerprint density at radius 1 is 1.14 bits per heavy atom. The molecule has 3 aromatic rings. The Morgan fingerprint density at radius 2 is 1.95 bits per heavy atom. The van der Waals surface area contributed by atoms with Gasteiger partial charge in [-0.25, -0.2) is 14.6 Å². The van der Waals surface area contributed by atoms with Gasteiger partial charge < -0.3 is 24.4 Å². The van der Waals surface area contributed by atoms with Crippen molar-refractivity contribution in [2.45, 2.75) is 24.5 Å². The third kappa shape index (κ3) is 7.04. The molecule has 4 amide bonds. The number of aromatic nitrogens is 1. The number of hydrogen-bond donors (Lipinski definition) is 3. The highest BCUT2D eigenvalue weighted by atomic mass is 35.5. The molecular weight excluding hydrogens is 578 g/mol. The number of nitrogens with one attached hydrogen (secondary N) is 3. The Morgan fingerprint density at radius 3 is 2.70 bits per heavy atom. The van der Waals surface area contributed by atoms with Crippen LogP contribution in [0.1, 0.15) is 27.9 Å². The van der Waals surface area contributed by atoms with E-state index in [0.717, 1.165) is 5.56 Å². The lowest BCUT2D eigenvalue weighted by molar-refractivity contribution is -0.133. The first-order valence-corrected chi connectivity index (χ1v) is 14.0. The predicted molar refractivity (Wildman–Crippen MR) is 157 cm³/mol. The molecule has 3 heterocycles. The van der Waals surface area contributed by atoms with Gasteiger partial charge in [-0.15, -0.1) is 0 Å². The van der Waals surface area contributed by atoms with Crippen LogP contribution in [-0.2, 0) is 31.0 Å². The van der Waals surface area contributed by atoms with Crippen LogP contribution in [0.15, 0.2) is 66.9 Å². The van der Waals surface area contributed by atoms with E-state index in [9.17, 15) is 19.2 Å². The zero-order valence-corrected chi connectivity index (χ0v) is 24.1. The van der Waals surface area contributed by atoms with Crippen LogP contribution >= 0.6 is 11.6 Å². The summed E-state index contributed by atoms with van der Waals surface area (Å²) in [5.74, 6) is -0.650. The van der Waals surface area contributed by atoms with E-state index in [0.29, 0.717) is 29.2 Å². The fourth-order valence-electron chi connectivity index (χ4n) is 5.12. The van der Waals surface area contributed by atoms with Gasteiger partial charge >= 0.3 is 12.2 Å². The topological polar surface area (TPSA) is 148 Å². The minimum absolute atomic E-state index is 0.0807. The average molecular weight is 608 g/mol. The summed E-state index contributed by atoms with van der Waals surface area (Å²) in [6.07, 6.45) is 0.594. The smallest absolute Gasteiger partial charge is 0.412 e. The van der Waals surface area contributed by atoms with Crippen LogP contribution < -0.4 is 16.0 Å². The highest BCUT2D eigenvalue weighted by molar-refractivity contribution is 6.30. The summed E-state index contributed by atoms with van der Waals surface area (Å²) in [7, 11) is 1.49. The summed E-state index contributed by atoms with van der Waals surface area (Å²) in [6, 6.07) is 16.5. The fourth-order valence-corrected chi connectivity index (χ4v) is 5.29. The van der Waals surface area contributed by atoms with Crippen molar-refractivity contribution < 1.29 is 33.4 Å². The lowest BCUT2D eigenvalue weighted by atomic mass is 9.90. The van der Waals surface area contributed by atoms with Gasteiger partial charge in [0.05, 0.1) is 24.4 Å². The first-order valence-electron chi connectivity index (χ1n) is 13.6. The summed E-state index contributed by atoms with van der Waals surface area (Å²) >= 11 is 6.26.